The minimum absolute atomic E-state index is 0.183. The maximum Gasteiger partial charge on any atom is 0.137 e. The Kier molecular flexibility index (Phi) is 8.22. The largest absolute Gasteiger partial charge is 0.491 e. The average molecular weight is 428 g/mol. The van der Waals surface area contributed by atoms with E-state index in [1.54, 1.807) is 7.05 Å². The van der Waals surface area contributed by atoms with E-state index in [1.165, 1.54) is 6.21 Å². The molecule has 0 aliphatic carbocycles. The molecule has 0 radical (unpaired) electrons. The third-order valence-corrected chi connectivity index (χ3v) is 4.97. The summed E-state index contributed by atoms with van der Waals surface area (Å²) in [6, 6.07) is 9.93. The van der Waals surface area contributed by atoms with Gasteiger partial charge in [0.1, 0.15) is 24.3 Å². The van der Waals surface area contributed by atoms with Gasteiger partial charge in [-0.15, -0.1) is 0 Å². The molecule has 1 atom stereocenters. The standard InChI is InChI=1S/C23H33N5O3/c1-16(2)26-23-20(13-24)22(28-7-9-30-10-8-28)12-21(27-23)17-5-4-6-19(11-17)31-15-18(29)14-25-3/h4-6,11-13,16,18,24-25,29H,7-10,14-15H2,1-3H3,(H,26,27). The van der Waals surface area contributed by atoms with Crippen molar-refractivity contribution < 1.29 is 14.6 Å². The topological polar surface area (TPSA) is 103 Å². The fourth-order valence-electron chi connectivity index (χ4n) is 3.51. The van der Waals surface area contributed by atoms with Crippen LogP contribution in [0.2, 0.25) is 0 Å². The van der Waals surface area contributed by atoms with Gasteiger partial charge in [0.15, 0.2) is 0 Å². The number of aliphatic hydroxyl groups is 1. The monoisotopic (exact) mass is 427 g/mol. The van der Waals surface area contributed by atoms with Gasteiger partial charge in [-0.2, -0.15) is 0 Å². The second-order valence-electron chi connectivity index (χ2n) is 7.88. The number of anilines is 2. The molecule has 168 valence electrons. The third-order valence-electron chi connectivity index (χ3n) is 4.97. The van der Waals surface area contributed by atoms with Gasteiger partial charge < -0.3 is 35.5 Å². The van der Waals surface area contributed by atoms with Crippen molar-refractivity contribution in [2.45, 2.75) is 26.0 Å². The van der Waals surface area contributed by atoms with Crippen molar-refractivity contribution in [3.63, 3.8) is 0 Å². The molecular formula is C23H33N5O3. The minimum Gasteiger partial charge on any atom is -0.491 e. The summed E-state index contributed by atoms with van der Waals surface area (Å²) in [4.78, 5) is 7.09. The van der Waals surface area contributed by atoms with Crippen molar-refractivity contribution in [2.75, 3.05) is 56.7 Å². The van der Waals surface area contributed by atoms with Crippen LogP contribution in [0.5, 0.6) is 5.75 Å². The molecule has 8 heteroatoms. The predicted molar refractivity (Wildman–Crippen MR) is 125 cm³/mol. The lowest BCUT2D eigenvalue weighted by Gasteiger charge is -2.31. The number of nitrogens with one attached hydrogen (secondary N) is 3. The third kappa shape index (κ3) is 6.16. The highest BCUT2D eigenvalue weighted by Gasteiger charge is 2.20. The van der Waals surface area contributed by atoms with Crippen LogP contribution in [0.25, 0.3) is 11.3 Å². The molecule has 2 aromatic rings. The highest BCUT2D eigenvalue weighted by atomic mass is 16.5. The number of likely N-dealkylation sites (N-methyl/N-ethyl adjacent to an activating group) is 1. The fraction of sp³-hybridized carbons (Fsp3) is 0.478. The zero-order valence-electron chi connectivity index (χ0n) is 18.5. The Labute approximate surface area is 184 Å². The molecule has 1 fully saturated rings. The van der Waals surface area contributed by atoms with Gasteiger partial charge in [0, 0.05) is 37.5 Å². The molecule has 1 aliphatic heterocycles. The second kappa shape index (κ2) is 11.1. The zero-order chi connectivity index (χ0) is 22.2. The molecule has 4 N–H and O–H groups in total. The Morgan fingerprint density at radius 1 is 1.29 bits per heavy atom. The van der Waals surface area contributed by atoms with E-state index in [1.807, 2.05) is 30.3 Å². The van der Waals surface area contributed by atoms with E-state index in [0.717, 1.165) is 35.6 Å². The minimum atomic E-state index is -0.576. The van der Waals surface area contributed by atoms with E-state index in [-0.39, 0.29) is 12.6 Å². The Balaban J connectivity index is 1.96. The number of morpholine rings is 1. The number of nitrogens with zero attached hydrogens (tertiary/aromatic N) is 2. The predicted octanol–water partition coefficient (Wildman–Crippen LogP) is 2.36. The van der Waals surface area contributed by atoms with Gasteiger partial charge in [-0.3, -0.25) is 0 Å². The summed E-state index contributed by atoms with van der Waals surface area (Å²) in [5, 5.41) is 24.2. The van der Waals surface area contributed by atoms with Crippen LogP contribution in [-0.4, -0.2) is 75.0 Å². The van der Waals surface area contributed by atoms with Crippen molar-refractivity contribution in [1.82, 2.24) is 10.3 Å². The number of aromatic nitrogens is 1. The molecule has 0 bridgehead atoms. The SMILES string of the molecule is CNCC(O)COc1cccc(-c2cc(N3CCOCC3)c(C=N)c(NC(C)C)n2)c1. The number of hydrogen-bond donors (Lipinski definition) is 4. The van der Waals surface area contributed by atoms with Crippen LogP contribution >= 0.6 is 0 Å². The second-order valence-corrected chi connectivity index (χ2v) is 7.88. The molecule has 1 aliphatic rings. The molecule has 8 nitrogen and oxygen atoms in total. The van der Waals surface area contributed by atoms with Crippen molar-refractivity contribution in [3.8, 4) is 17.0 Å². The maximum absolute atomic E-state index is 9.91. The Morgan fingerprint density at radius 2 is 2.06 bits per heavy atom. The van der Waals surface area contributed by atoms with E-state index < -0.39 is 6.10 Å². The maximum atomic E-state index is 9.91. The Hall–Kier alpha value is -2.68. The number of pyridine rings is 1. The molecule has 0 saturated carbocycles. The van der Waals surface area contributed by atoms with Gasteiger partial charge in [0.2, 0.25) is 0 Å². The van der Waals surface area contributed by atoms with Crippen LogP contribution in [0.4, 0.5) is 11.5 Å². The number of benzene rings is 1. The van der Waals surface area contributed by atoms with Crippen LogP contribution < -0.4 is 20.3 Å². The molecule has 2 heterocycles. The van der Waals surface area contributed by atoms with Crippen LogP contribution in [-0.2, 0) is 4.74 Å². The van der Waals surface area contributed by atoms with Gasteiger partial charge in [-0.05, 0) is 39.1 Å². The molecule has 31 heavy (non-hydrogen) atoms. The summed E-state index contributed by atoms with van der Waals surface area (Å²) in [6.45, 7) is 7.68. The van der Waals surface area contributed by atoms with Crippen LogP contribution in [0.15, 0.2) is 30.3 Å². The van der Waals surface area contributed by atoms with Crippen molar-refractivity contribution in [1.29, 1.82) is 5.41 Å². The molecule has 1 unspecified atom stereocenters. The van der Waals surface area contributed by atoms with Gasteiger partial charge in [-0.1, -0.05) is 12.1 Å². The summed E-state index contributed by atoms with van der Waals surface area (Å²) in [5.74, 6) is 1.37. The highest BCUT2D eigenvalue weighted by Crippen LogP contribution is 2.32. The molecule has 1 aromatic carbocycles. The summed E-state index contributed by atoms with van der Waals surface area (Å²) >= 11 is 0. The average Bonchev–Trinajstić information content (AvgIpc) is 2.78. The first-order valence-electron chi connectivity index (χ1n) is 10.7. The summed E-state index contributed by atoms with van der Waals surface area (Å²) in [7, 11) is 1.79. The van der Waals surface area contributed by atoms with Crippen molar-refractivity contribution in [3.05, 3.63) is 35.9 Å². The highest BCUT2D eigenvalue weighted by molar-refractivity contribution is 5.94. The normalized spacial score (nSPS) is 15.1. The van der Waals surface area contributed by atoms with Gasteiger partial charge in [0.25, 0.3) is 0 Å². The van der Waals surface area contributed by atoms with Crippen LogP contribution in [0, 0.1) is 5.41 Å². The van der Waals surface area contributed by atoms with E-state index in [2.05, 4.69) is 29.4 Å². The first kappa shape index (κ1) is 23.0. The van der Waals surface area contributed by atoms with Gasteiger partial charge in [0.05, 0.1) is 30.2 Å². The summed E-state index contributed by atoms with van der Waals surface area (Å²) < 4.78 is 11.3. The lowest BCUT2D eigenvalue weighted by atomic mass is 10.1. The molecule has 0 amide bonds. The first-order chi connectivity index (χ1) is 15.0. The molecule has 1 saturated heterocycles. The van der Waals surface area contributed by atoms with Crippen molar-refractivity contribution >= 4 is 17.7 Å². The zero-order valence-corrected chi connectivity index (χ0v) is 18.5. The Morgan fingerprint density at radius 3 is 2.74 bits per heavy atom. The summed E-state index contributed by atoms with van der Waals surface area (Å²) in [5.41, 5.74) is 3.47. The first-order valence-corrected chi connectivity index (χ1v) is 10.7. The lowest BCUT2D eigenvalue weighted by Crippen LogP contribution is -2.37. The Bertz CT molecular complexity index is 868. The molecule has 3 rings (SSSR count). The van der Waals surface area contributed by atoms with E-state index in [9.17, 15) is 5.11 Å². The number of rotatable bonds is 10. The fourth-order valence-corrected chi connectivity index (χ4v) is 3.51. The molecule has 0 spiro atoms. The van der Waals surface area contributed by atoms with E-state index in [4.69, 9.17) is 19.9 Å². The molecule has 1 aromatic heterocycles. The number of aliphatic hydroxyl groups excluding tert-OH is 1. The van der Waals surface area contributed by atoms with Crippen molar-refractivity contribution in [2.24, 2.45) is 0 Å². The van der Waals surface area contributed by atoms with Crippen LogP contribution in [0.3, 0.4) is 0 Å². The van der Waals surface area contributed by atoms with Gasteiger partial charge in [-0.25, -0.2) is 4.98 Å². The number of hydrogen-bond acceptors (Lipinski definition) is 8. The van der Waals surface area contributed by atoms with E-state index in [0.29, 0.717) is 31.3 Å². The quantitative estimate of drug-likeness (QED) is 0.432. The summed E-state index contributed by atoms with van der Waals surface area (Å²) in [6.07, 6.45) is 0.794. The van der Waals surface area contributed by atoms with Crippen LogP contribution in [0.1, 0.15) is 19.4 Å². The molecular weight excluding hydrogens is 394 g/mol. The van der Waals surface area contributed by atoms with E-state index >= 15 is 0 Å². The smallest absolute Gasteiger partial charge is 0.137 e. The lowest BCUT2D eigenvalue weighted by molar-refractivity contribution is 0.108. The van der Waals surface area contributed by atoms with Gasteiger partial charge >= 0.3 is 0 Å². The number of ether oxygens (including phenoxy) is 2.